The van der Waals surface area contributed by atoms with Gasteiger partial charge < -0.3 is 9.64 Å². The van der Waals surface area contributed by atoms with E-state index in [-0.39, 0.29) is 54.4 Å². The highest BCUT2D eigenvalue weighted by atomic mass is 19.4. The SMILES string of the molecule is O=C(Cc1ccccc1C(F)(F)F)C1CC2CCCC(C1)N2C(=O)OCC1c2ccccc2-c2ccccc21. The molecule has 2 heterocycles. The third-order valence-corrected chi connectivity index (χ3v) is 8.66. The number of fused-ring (bicyclic) bond motifs is 5. The van der Waals surface area contributed by atoms with Gasteiger partial charge in [-0.15, -0.1) is 0 Å². The lowest BCUT2D eigenvalue weighted by Crippen LogP contribution is -2.56. The molecular formula is C32H30F3NO3. The van der Waals surface area contributed by atoms with Gasteiger partial charge in [-0.05, 0) is 66.0 Å². The van der Waals surface area contributed by atoms with Crippen molar-refractivity contribution >= 4 is 11.9 Å². The van der Waals surface area contributed by atoms with E-state index in [2.05, 4.69) is 24.3 Å². The Kier molecular flexibility index (Phi) is 6.69. The molecule has 3 aromatic rings. The van der Waals surface area contributed by atoms with Gasteiger partial charge in [0.2, 0.25) is 0 Å². The summed E-state index contributed by atoms with van der Waals surface area (Å²) in [6.07, 6.45) is -1.68. The van der Waals surface area contributed by atoms with Gasteiger partial charge in [0.15, 0.2) is 0 Å². The number of hydrogen-bond donors (Lipinski definition) is 0. The summed E-state index contributed by atoms with van der Waals surface area (Å²) in [5, 5.41) is 0. The number of nitrogens with zero attached hydrogens (tertiary/aromatic N) is 1. The number of rotatable bonds is 5. The molecule has 202 valence electrons. The van der Waals surface area contributed by atoms with Crippen molar-refractivity contribution in [1.82, 2.24) is 4.90 Å². The van der Waals surface area contributed by atoms with E-state index in [1.165, 1.54) is 18.2 Å². The monoisotopic (exact) mass is 533 g/mol. The summed E-state index contributed by atoms with van der Waals surface area (Å²) in [5.41, 5.74) is 3.88. The minimum Gasteiger partial charge on any atom is -0.448 e. The molecule has 2 atom stereocenters. The van der Waals surface area contributed by atoms with Gasteiger partial charge in [-0.2, -0.15) is 13.2 Å². The van der Waals surface area contributed by atoms with E-state index >= 15 is 0 Å². The molecule has 0 spiro atoms. The van der Waals surface area contributed by atoms with E-state index in [0.29, 0.717) is 12.8 Å². The molecule has 2 saturated heterocycles. The summed E-state index contributed by atoms with van der Waals surface area (Å²) in [4.78, 5) is 28.4. The molecule has 0 radical (unpaired) electrons. The minimum atomic E-state index is -4.50. The normalized spacial score (nSPS) is 22.2. The molecule has 2 aliphatic heterocycles. The lowest BCUT2D eigenvalue weighted by Gasteiger charge is -2.47. The van der Waals surface area contributed by atoms with Crippen molar-refractivity contribution in [2.45, 2.75) is 62.7 Å². The van der Waals surface area contributed by atoms with Crippen molar-refractivity contribution < 1.29 is 27.5 Å². The average molecular weight is 534 g/mol. The maximum atomic E-state index is 13.4. The number of carbonyl (C=O) groups excluding carboxylic acids is 2. The van der Waals surface area contributed by atoms with E-state index in [1.54, 1.807) is 0 Å². The van der Waals surface area contributed by atoms with Crippen molar-refractivity contribution in [3.05, 3.63) is 95.1 Å². The van der Waals surface area contributed by atoms with E-state index < -0.39 is 11.7 Å². The molecule has 7 heteroatoms. The standard InChI is InChI=1S/C32H30F3NO3/c33-32(34,35)29-15-6-1-8-20(29)18-30(37)21-16-22-9-7-10-23(17-21)36(22)31(38)39-19-28-26-13-4-2-11-24(26)25-12-3-5-14-27(25)28/h1-6,8,11-15,21-23,28H,7,9-10,16-19H2. The summed E-state index contributed by atoms with van der Waals surface area (Å²) >= 11 is 0. The van der Waals surface area contributed by atoms with Gasteiger partial charge in [-0.1, -0.05) is 66.7 Å². The van der Waals surface area contributed by atoms with Gasteiger partial charge in [0.25, 0.3) is 0 Å². The highest BCUT2D eigenvalue weighted by Gasteiger charge is 2.44. The molecule has 0 saturated carbocycles. The first-order valence-corrected chi connectivity index (χ1v) is 13.6. The Labute approximate surface area is 225 Å². The fourth-order valence-electron chi connectivity index (χ4n) is 6.89. The smallest absolute Gasteiger partial charge is 0.416 e. The fourth-order valence-corrected chi connectivity index (χ4v) is 6.89. The Hall–Kier alpha value is -3.61. The summed E-state index contributed by atoms with van der Waals surface area (Å²) in [7, 11) is 0. The van der Waals surface area contributed by atoms with Crippen LogP contribution >= 0.6 is 0 Å². The number of alkyl halides is 3. The molecule has 0 aromatic heterocycles. The lowest BCUT2D eigenvalue weighted by molar-refractivity contribution is -0.138. The number of Topliss-reactive ketones (excluding diaryl/α,β-unsaturated/α-hetero) is 1. The number of ether oxygens (including phenoxy) is 1. The van der Waals surface area contributed by atoms with Crippen LogP contribution in [0, 0.1) is 5.92 Å². The van der Waals surface area contributed by atoms with Crippen molar-refractivity contribution in [3.63, 3.8) is 0 Å². The van der Waals surface area contributed by atoms with Gasteiger partial charge in [0, 0.05) is 30.3 Å². The number of ketones is 1. The van der Waals surface area contributed by atoms with Crippen LogP contribution in [-0.4, -0.2) is 35.5 Å². The van der Waals surface area contributed by atoms with E-state index in [9.17, 15) is 22.8 Å². The van der Waals surface area contributed by atoms with Gasteiger partial charge in [0.05, 0.1) is 5.56 Å². The van der Waals surface area contributed by atoms with Gasteiger partial charge >= 0.3 is 12.3 Å². The zero-order chi connectivity index (χ0) is 27.1. The number of carbonyl (C=O) groups is 2. The first-order chi connectivity index (χ1) is 18.8. The second-order valence-corrected chi connectivity index (χ2v) is 10.9. The minimum absolute atomic E-state index is 0.0131. The molecular weight excluding hydrogens is 503 g/mol. The zero-order valence-electron chi connectivity index (χ0n) is 21.5. The number of hydrogen-bond acceptors (Lipinski definition) is 3. The lowest BCUT2D eigenvalue weighted by atomic mass is 9.76. The number of piperidine rings is 2. The molecule has 2 fully saturated rings. The molecule has 2 bridgehead atoms. The molecule has 4 nitrogen and oxygen atoms in total. The first kappa shape index (κ1) is 25.7. The van der Waals surface area contributed by atoms with Crippen LogP contribution in [0.25, 0.3) is 11.1 Å². The number of amides is 1. The summed E-state index contributed by atoms with van der Waals surface area (Å²) in [6, 6.07) is 21.4. The summed E-state index contributed by atoms with van der Waals surface area (Å²) in [5.74, 6) is -0.580. The highest BCUT2D eigenvalue weighted by molar-refractivity contribution is 5.84. The van der Waals surface area contributed by atoms with E-state index in [1.807, 2.05) is 29.2 Å². The van der Waals surface area contributed by atoms with Crippen LogP contribution in [0.5, 0.6) is 0 Å². The van der Waals surface area contributed by atoms with E-state index in [0.717, 1.165) is 47.6 Å². The zero-order valence-corrected chi connectivity index (χ0v) is 21.5. The predicted molar refractivity (Wildman–Crippen MR) is 141 cm³/mol. The van der Waals surface area contributed by atoms with Crippen LogP contribution in [0.1, 0.15) is 60.3 Å². The molecule has 1 aliphatic carbocycles. The van der Waals surface area contributed by atoms with Gasteiger partial charge in [-0.25, -0.2) is 4.79 Å². The van der Waals surface area contributed by atoms with E-state index in [4.69, 9.17) is 4.74 Å². The summed E-state index contributed by atoms with van der Waals surface area (Å²) < 4.78 is 46.3. The molecule has 2 unspecified atom stereocenters. The molecule has 3 aliphatic rings. The van der Waals surface area contributed by atoms with Crippen LogP contribution in [0.4, 0.5) is 18.0 Å². The molecule has 3 aromatic carbocycles. The average Bonchev–Trinajstić information content (AvgIpc) is 3.24. The Morgan fingerprint density at radius 1 is 0.821 bits per heavy atom. The Bertz CT molecular complexity index is 1340. The Morgan fingerprint density at radius 3 is 2.00 bits per heavy atom. The second kappa shape index (κ2) is 10.2. The first-order valence-electron chi connectivity index (χ1n) is 13.6. The van der Waals surface area contributed by atoms with Crippen molar-refractivity contribution in [2.24, 2.45) is 5.92 Å². The Morgan fingerprint density at radius 2 is 1.38 bits per heavy atom. The number of halogens is 3. The number of benzene rings is 3. The van der Waals surface area contributed by atoms with Crippen LogP contribution < -0.4 is 0 Å². The van der Waals surface area contributed by atoms with Crippen LogP contribution in [0.3, 0.4) is 0 Å². The highest BCUT2D eigenvalue weighted by Crippen LogP contribution is 2.45. The largest absolute Gasteiger partial charge is 0.448 e. The Balaban J connectivity index is 1.13. The fraction of sp³-hybridized carbons (Fsp3) is 0.375. The van der Waals surface area contributed by atoms with Crippen LogP contribution in [0.15, 0.2) is 72.8 Å². The maximum absolute atomic E-state index is 13.4. The molecule has 1 amide bonds. The quantitative estimate of drug-likeness (QED) is 0.343. The third-order valence-electron chi connectivity index (χ3n) is 8.66. The summed E-state index contributed by atoms with van der Waals surface area (Å²) in [6.45, 7) is 0.236. The molecule has 0 N–H and O–H groups in total. The molecule has 39 heavy (non-hydrogen) atoms. The third kappa shape index (κ3) is 4.83. The maximum Gasteiger partial charge on any atom is 0.416 e. The molecule has 6 rings (SSSR count). The predicted octanol–water partition coefficient (Wildman–Crippen LogP) is 7.40. The van der Waals surface area contributed by atoms with Gasteiger partial charge in [-0.3, -0.25) is 4.79 Å². The van der Waals surface area contributed by atoms with Gasteiger partial charge in [0.1, 0.15) is 12.4 Å². The second-order valence-electron chi connectivity index (χ2n) is 10.9. The van der Waals surface area contributed by atoms with Crippen molar-refractivity contribution in [3.8, 4) is 11.1 Å². The topological polar surface area (TPSA) is 46.6 Å². The van der Waals surface area contributed by atoms with Crippen molar-refractivity contribution in [2.75, 3.05) is 6.61 Å². The van der Waals surface area contributed by atoms with Crippen LogP contribution in [-0.2, 0) is 22.1 Å². The van der Waals surface area contributed by atoms with Crippen LogP contribution in [0.2, 0.25) is 0 Å². The van der Waals surface area contributed by atoms with Crippen molar-refractivity contribution in [1.29, 1.82) is 0 Å².